The van der Waals surface area contributed by atoms with Crippen molar-refractivity contribution in [2.24, 2.45) is 53.3 Å². The van der Waals surface area contributed by atoms with E-state index in [-0.39, 0.29) is 5.04 Å². The van der Waals surface area contributed by atoms with Crippen LogP contribution in [0.1, 0.15) is 104 Å². The van der Waals surface area contributed by atoms with Gasteiger partial charge in [0.05, 0.1) is 0 Å². The van der Waals surface area contributed by atoms with E-state index in [0.717, 1.165) is 53.3 Å². The molecule has 1 aromatic rings. The van der Waals surface area contributed by atoms with Gasteiger partial charge in [-0.25, -0.2) is 0 Å². The summed E-state index contributed by atoms with van der Waals surface area (Å²) in [5.74, 6) is 7.86. The van der Waals surface area contributed by atoms with E-state index >= 15 is 0 Å². The van der Waals surface area contributed by atoms with E-state index < -0.39 is 33.8 Å². The number of hydrogen-bond donors (Lipinski definition) is 0. The van der Waals surface area contributed by atoms with Gasteiger partial charge in [-0.2, -0.15) is 0 Å². The van der Waals surface area contributed by atoms with Gasteiger partial charge >= 0.3 is 8.80 Å². The van der Waals surface area contributed by atoms with Crippen LogP contribution in [0.3, 0.4) is 0 Å². The molecule has 6 aliphatic carbocycles. The lowest BCUT2D eigenvalue weighted by molar-refractivity contribution is 0.242. The number of hydrogen-bond acceptors (Lipinski definition) is 3. The molecule has 0 aliphatic heterocycles. The van der Waals surface area contributed by atoms with Crippen molar-refractivity contribution in [1.29, 1.82) is 0 Å². The van der Waals surface area contributed by atoms with Crippen LogP contribution in [-0.2, 0) is 12.3 Å². The lowest BCUT2D eigenvalue weighted by atomic mass is 9.83. The van der Waals surface area contributed by atoms with Gasteiger partial charge in [0, 0.05) is 5.19 Å². The lowest BCUT2D eigenvalue weighted by Gasteiger charge is -2.50. The summed E-state index contributed by atoms with van der Waals surface area (Å²) in [5.41, 5.74) is 0. The van der Waals surface area contributed by atoms with Crippen molar-refractivity contribution in [3.05, 3.63) is 54.6 Å². The second-order valence-electron chi connectivity index (χ2n) is 20.7. The Labute approximate surface area is 317 Å². The van der Waals surface area contributed by atoms with Crippen LogP contribution < -0.4 is 5.19 Å². The predicted octanol–water partition coefficient (Wildman–Crippen LogP) is 12.5. The molecular formula is C44H74O3Si4. The molecule has 0 spiro atoms. The van der Waals surface area contributed by atoms with E-state index in [1.54, 1.807) is 0 Å². The molecule has 51 heavy (non-hydrogen) atoms. The minimum absolute atomic E-state index is 0.186. The van der Waals surface area contributed by atoms with Gasteiger partial charge in [-0.05, 0) is 174 Å². The molecule has 0 amide bonds. The molecule has 0 heterocycles. The van der Waals surface area contributed by atoms with Gasteiger partial charge in [-0.3, -0.25) is 0 Å². The molecule has 10 atom stereocenters. The Morgan fingerprint density at radius 1 is 0.627 bits per heavy atom. The van der Waals surface area contributed by atoms with Gasteiger partial charge in [-0.15, -0.1) is 0 Å². The summed E-state index contributed by atoms with van der Waals surface area (Å²) in [7, 11) is -10.0. The molecule has 7 rings (SSSR count). The first-order valence-electron chi connectivity index (χ1n) is 21.7. The Morgan fingerprint density at radius 3 is 1.67 bits per heavy atom. The fourth-order valence-corrected chi connectivity index (χ4v) is 29.9. The quantitative estimate of drug-likeness (QED) is 0.104. The zero-order chi connectivity index (χ0) is 36.1. The fourth-order valence-electron chi connectivity index (χ4n) is 12.2. The first kappa shape index (κ1) is 38.7. The average molecular weight is 763 g/mol. The van der Waals surface area contributed by atoms with Crippen LogP contribution in [0.2, 0.25) is 56.4 Å². The van der Waals surface area contributed by atoms with Gasteiger partial charge in [0.1, 0.15) is 0 Å². The van der Waals surface area contributed by atoms with Crippen LogP contribution >= 0.6 is 0 Å². The summed E-state index contributed by atoms with van der Waals surface area (Å²) in [6, 6.07) is 13.6. The molecule has 6 bridgehead atoms. The van der Waals surface area contributed by atoms with Crippen molar-refractivity contribution in [2.75, 3.05) is 0 Å². The highest BCUT2D eigenvalue weighted by atomic mass is 28.5. The van der Waals surface area contributed by atoms with Gasteiger partial charge in [0.25, 0.3) is 0 Å². The molecule has 6 aliphatic rings. The van der Waals surface area contributed by atoms with Crippen molar-refractivity contribution < 1.29 is 12.3 Å². The highest BCUT2D eigenvalue weighted by molar-refractivity contribution is 6.96. The van der Waals surface area contributed by atoms with Crippen LogP contribution in [0.25, 0.3) is 0 Å². The molecule has 3 nitrogen and oxygen atoms in total. The van der Waals surface area contributed by atoms with Crippen molar-refractivity contribution in [3.8, 4) is 0 Å². The third-order valence-electron chi connectivity index (χ3n) is 15.6. The van der Waals surface area contributed by atoms with Crippen LogP contribution in [-0.4, -0.2) is 33.8 Å². The number of allylic oxidation sites excluding steroid dienone is 4. The fraction of sp³-hybridized carbons (Fsp3) is 0.773. The van der Waals surface area contributed by atoms with Crippen LogP contribution in [0.5, 0.6) is 0 Å². The third kappa shape index (κ3) is 8.65. The van der Waals surface area contributed by atoms with Gasteiger partial charge < -0.3 is 12.3 Å². The SMILES string of the molecule is CCCC(C)(CCC1CC2CCC1C2)[Si](C)(C)O[Si](O[Si](C)(C)CCC1CC2C=CC1C2)(O[Si](C)(C)CCC1CC2C=CC1C2)c1ccccc1. The average Bonchev–Trinajstić information content (AvgIpc) is 3.95. The molecule has 0 saturated heterocycles. The normalized spacial score (nSPS) is 34.9. The summed E-state index contributed by atoms with van der Waals surface area (Å²) in [5, 5.41) is 1.41. The number of rotatable bonds is 19. The van der Waals surface area contributed by atoms with E-state index in [2.05, 4.69) is 108 Å². The van der Waals surface area contributed by atoms with Crippen molar-refractivity contribution in [2.45, 2.75) is 160 Å². The number of fused-ring (bicyclic) bond motifs is 6. The summed E-state index contributed by atoms with van der Waals surface area (Å²) in [6.45, 7) is 20.1. The molecular weight excluding hydrogens is 689 g/mol. The minimum Gasteiger partial charge on any atom is -0.413 e. The first-order valence-corrected chi connectivity index (χ1v) is 32.6. The largest absolute Gasteiger partial charge is 0.505 e. The second kappa shape index (κ2) is 15.2. The maximum atomic E-state index is 8.10. The van der Waals surface area contributed by atoms with E-state index in [1.165, 1.54) is 107 Å². The van der Waals surface area contributed by atoms with E-state index in [1.807, 2.05) is 0 Å². The van der Waals surface area contributed by atoms with Crippen LogP contribution in [0.15, 0.2) is 54.6 Å². The Hall–Kier alpha value is -0.552. The first-order chi connectivity index (χ1) is 24.2. The maximum Gasteiger partial charge on any atom is 0.505 e. The van der Waals surface area contributed by atoms with Crippen molar-refractivity contribution in [3.63, 3.8) is 0 Å². The third-order valence-corrected chi connectivity index (χ3v) is 32.7. The predicted molar refractivity (Wildman–Crippen MR) is 226 cm³/mol. The highest BCUT2D eigenvalue weighted by Gasteiger charge is 2.58. The zero-order valence-electron chi connectivity index (χ0n) is 33.9. The van der Waals surface area contributed by atoms with Gasteiger partial charge in [0.2, 0.25) is 0 Å². The standard InChI is InChI=1S/C44H74O3Si4/c1-9-24-44(2,25-21-40-31-34-15-18-37(40)28-34)50(7,8)47-51(43-13-11-10-12-14-43,45-48(3,4)26-22-41-32-35-16-19-38(41)29-35)46-49(5,6)27-23-42-33-36-17-20-39(42)30-36/h10-14,16-17,19-20,34-42H,9,15,18,21-33H2,1-8H3. The smallest absolute Gasteiger partial charge is 0.413 e. The monoisotopic (exact) mass is 762 g/mol. The summed E-state index contributed by atoms with van der Waals surface area (Å²) in [4.78, 5) is 0. The molecule has 7 heteroatoms. The Kier molecular flexibility index (Phi) is 11.5. The van der Waals surface area contributed by atoms with Crippen LogP contribution in [0, 0.1) is 53.3 Å². The molecule has 0 aromatic heterocycles. The van der Waals surface area contributed by atoms with E-state index in [4.69, 9.17) is 12.3 Å². The molecule has 4 fully saturated rings. The summed E-state index contributed by atoms with van der Waals surface area (Å²) in [6.07, 6.45) is 29.3. The van der Waals surface area contributed by atoms with Gasteiger partial charge in [-0.1, -0.05) is 94.2 Å². The molecule has 0 N–H and O–H groups in total. The second-order valence-corrected chi connectivity index (χ2v) is 37.1. The number of benzene rings is 1. The zero-order valence-corrected chi connectivity index (χ0v) is 37.9. The Bertz CT molecular complexity index is 1340. The maximum absolute atomic E-state index is 8.10. The van der Waals surface area contributed by atoms with Gasteiger partial charge in [0.15, 0.2) is 25.0 Å². The van der Waals surface area contributed by atoms with E-state index in [9.17, 15) is 0 Å². The molecule has 284 valence electrons. The van der Waals surface area contributed by atoms with Crippen LogP contribution in [0.4, 0.5) is 0 Å². The van der Waals surface area contributed by atoms with Crippen molar-refractivity contribution in [1.82, 2.24) is 0 Å². The molecule has 1 aromatic carbocycles. The molecule has 10 unspecified atom stereocenters. The highest BCUT2D eigenvalue weighted by Crippen LogP contribution is 2.55. The summed E-state index contributed by atoms with van der Waals surface area (Å²) < 4.78 is 23.9. The molecule has 0 radical (unpaired) electrons. The van der Waals surface area contributed by atoms with E-state index in [0.29, 0.717) is 0 Å². The topological polar surface area (TPSA) is 27.7 Å². The Morgan fingerprint density at radius 2 is 1.22 bits per heavy atom. The summed E-state index contributed by atoms with van der Waals surface area (Å²) >= 11 is 0. The Balaban J connectivity index is 1.17. The van der Waals surface area contributed by atoms with Crippen molar-refractivity contribution >= 4 is 38.9 Å². The molecule has 4 saturated carbocycles. The lowest BCUT2D eigenvalue weighted by Crippen LogP contribution is -2.69. The minimum atomic E-state index is -3.32.